The first-order chi connectivity index (χ1) is 12.1. The van der Waals surface area contributed by atoms with Crippen LogP contribution in [0.5, 0.6) is 5.75 Å². The van der Waals surface area contributed by atoms with Gasteiger partial charge in [0, 0.05) is 12.3 Å². The number of para-hydroxylation sites is 2. The number of carbonyl (C=O) groups is 1. The van der Waals surface area contributed by atoms with Crippen molar-refractivity contribution in [1.82, 2.24) is 0 Å². The molecule has 0 aromatic heterocycles. The van der Waals surface area contributed by atoms with Gasteiger partial charge in [0.15, 0.2) is 0 Å². The lowest BCUT2D eigenvalue weighted by Crippen LogP contribution is -2.22. The molecule has 0 unspecified atom stereocenters. The molecule has 0 saturated heterocycles. The average Bonchev–Trinajstić information content (AvgIpc) is 2.61. The Bertz CT molecular complexity index is 710. The van der Waals surface area contributed by atoms with Crippen LogP contribution in [0.1, 0.15) is 6.92 Å². The Morgan fingerprint density at radius 3 is 2.64 bits per heavy atom. The fourth-order valence-electron chi connectivity index (χ4n) is 2.05. The lowest BCUT2D eigenvalue weighted by Gasteiger charge is -2.13. The van der Waals surface area contributed by atoms with Crippen LogP contribution in [0.15, 0.2) is 42.5 Å². The van der Waals surface area contributed by atoms with E-state index in [2.05, 4.69) is 10.6 Å². The monoisotopic (exact) mass is 382 g/mol. The van der Waals surface area contributed by atoms with Crippen molar-refractivity contribution in [2.24, 2.45) is 0 Å². The standard InChI is InChI=1S/C18H20Cl2N2O3/c1-2-24-9-10-25-17-6-4-3-5-16(17)21-12-18(23)22-13-7-8-14(19)15(20)11-13/h3-8,11,21H,2,9-10,12H2,1H3,(H,22,23). The van der Waals surface area contributed by atoms with Crippen molar-refractivity contribution in [2.45, 2.75) is 6.92 Å². The van der Waals surface area contributed by atoms with E-state index in [1.807, 2.05) is 31.2 Å². The van der Waals surface area contributed by atoms with E-state index in [4.69, 9.17) is 32.7 Å². The zero-order chi connectivity index (χ0) is 18.1. The highest BCUT2D eigenvalue weighted by atomic mass is 35.5. The van der Waals surface area contributed by atoms with Gasteiger partial charge in [0.1, 0.15) is 12.4 Å². The molecule has 0 saturated carbocycles. The topological polar surface area (TPSA) is 59.6 Å². The molecule has 25 heavy (non-hydrogen) atoms. The van der Waals surface area contributed by atoms with E-state index in [1.165, 1.54) is 0 Å². The Morgan fingerprint density at radius 2 is 1.88 bits per heavy atom. The maximum atomic E-state index is 12.1. The number of rotatable bonds is 9. The number of amides is 1. The van der Waals surface area contributed by atoms with Crippen molar-refractivity contribution >= 4 is 40.5 Å². The summed E-state index contributed by atoms with van der Waals surface area (Å²) in [5.41, 5.74) is 1.32. The molecule has 2 rings (SSSR count). The number of anilines is 2. The van der Waals surface area contributed by atoms with Crippen LogP contribution in [0.2, 0.25) is 10.0 Å². The van der Waals surface area contributed by atoms with E-state index in [1.54, 1.807) is 18.2 Å². The van der Waals surface area contributed by atoms with Gasteiger partial charge < -0.3 is 20.1 Å². The summed E-state index contributed by atoms with van der Waals surface area (Å²) < 4.78 is 10.9. The molecule has 0 spiro atoms. The summed E-state index contributed by atoms with van der Waals surface area (Å²) in [6.45, 7) is 3.64. The summed E-state index contributed by atoms with van der Waals surface area (Å²) >= 11 is 11.8. The summed E-state index contributed by atoms with van der Waals surface area (Å²) in [5, 5.41) is 6.65. The first-order valence-electron chi connectivity index (χ1n) is 7.88. The molecule has 0 aliphatic carbocycles. The van der Waals surface area contributed by atoms with Gasteiger partial charge in [-0.1, -0.05) is 35.3 Å². The van der Waals surface area contributed by atoms with E-state index < -0.39 is 0 Å². The predicted molar refractivity (Wildman–Crippen MR) is 102 cm³/mol. The summed E-state index contributed by atoms with van der Waals surface area (Å²) in [6.07, 6.45) is 0. The van der Waals surface area contributed by atoms with Gasteiger partial charge >= 0.3 is 0 Å². The van der Waals surface area contributed by atoms with Crippen LogP contribution < -0.4 is 15.4 Å². The van der Waals surface area contributed by atoms with Crippen molar-refractivity contribution < 1.29 is 14.3 Å². The van der Waals surface area contributed by atoms with E-state index in [-0.39, 0.29) is 12.5 Å². The molecule has 2 aromatic carbocycles. The van der Waals surface area contributed by atoms with Gasteiger partial charge in [0.25, 0.3) is 0 Å². The second-order valence-electron chi connectivity index (χ2n) is 5.07. The molecular weight excluding hydrogens is 363 g/mol. The van der Waals surface area contributed by atoms with Gasteiger partial charge in [-0.05, 0) is 37.3 Å². The minimum absolute atomic E-state index is 0.0894. The molecule has 0 atom stereocenters. The predicted octanol–water partition coefficient (Wildman–Crippen LogP) is 4.46. The molecular formula is C18H20Cl2N2O3. The lowest BCUT2D eigenvalue weighted by atomic mass is 10.3. The smallest absolute Gasteiger partial charge is 0.243 e. The summed E-state index contributed by atoms with van der Waals surface area (Å²) in [4.78, 5) is 12.1. The minimum atomic E-state index is -0.206. The van der Waals surface area contributed by atoms with E-state index >= 15 is 0 Å². The van der Waals surface area contributed by atoms with Crippen LogP contribution >= 0.6 is 23.2 Å². The summed E-state index contributed by atoms with van der Waals surface area (Å²) in [5.74, 6) is 0.465. The summed E-state index contributed by atoms with van der Waals surface area (Å²) in [7, 11) is 0. The van der Waals surface area contributed by atoms with E-state index in [0.717, 1.165) is 5.69 Å². The van der Waals surface area contributed by atoms with Crippen molar-refractivity contribution in [3.05, 3.63) is 52.5 Å². The van der Waals surface area contributed by atoms with Crippen LogP contribution in [0, 0.1) is 0 Å². The van der Waals surface area contributed by atoms with Gasteiger partial charge in [-0.2, -0.15) is 0 Å². The van der Waals surface area contributed by atoms with Gasteiger partial charge in [-0.25, -0.2) is 0 Å². The number of nitrogens with one attached hydrogen (secondary N) is 2. The van der Waals surface area contributed by atoms with Crippen molar-refractivity contribution in [3.63, 3.8) is 0 Å². The first-order valence-corrected chi connectivity index (χ1v) is 8.64. The molecule has 1 amide bonds. The molecule has 0 aliphatic heterocycles. The molecule has 5 nitrogen and oxygen atoms in total. The number of carbonyl (C=O) groups excluding carboxylic acids is 1. The zero-order valence-corrected chi connectivity index (χ0v) is 15.4. The Hall–Kier alpha value is -1.95. The lowest BCUT2D eigenvalue weighted by molar-refractivity contribution is -0.114. The van der Waals surface area contributed by atoms with Crippen LogP contribution in [0.4, 0.5) is 11.4 Å². The second kappa shape index (κ2) is 10.1. The van der Waals surface area contributed by atoms with Crippen LogP contribution in [-0.2, 0) is 9.53 Å². The first kappa shape index (κ1) is 19.4. The largest absolute Gasteiger partial charge is 0.489 e. The zero-order valence-electron chi connectivity index (χ0n) is 13.9. The Labute approximate surface area is 157 Å². The number of benzene rings is 2. The van der Waals surface area contributed by atoms with Gasteiger partial charge in [0.2, 0.25) is 5.91 Å². The number of halogens is 2. The van der Waals surface area contributed by atoms with E-state index in [9.17, 15) is 4.79 Å². The Balaban J connectivity index is 1.87. The minimum Gasteiger partial charge on any atom is -0.489 e. The quantitative estimate of drug-likeness (QED) is 0.628. The van der Waals surface area contributed by atoms with Crippen LogP contribution in [0.3, 0.4) is 0 Å². The molecule has 0 heterocycles. The van der Waals surface area contributed by atoms with Crippen molar-refractivity contribution in [2.75, 3.05) is 37.0 Å². The van der Waals surface area contributed by atoms with Crippen molar-refractivity contribution in [1.29, 1.82) is 0 Å². The Morgan fingerprint density at radius 1 is 1.08 bits per heavy atom. The fourth-order valence-corrected chi connectivity index (χ4v) is 2.35. The van der Waals surface area contributed by atoms with Gasteiger partial charge in [0.05, 0.1) is 28.9 Å². The van der Waals surface area contributed by atoms with Crippen LogP contribution in [-0.4, -0.2) is 32.3 Å². The second-order valence-corrected chi connectivity index (χ2v) is 5.89. The molecule has 134 valence electrons. The third kappa shape index (κ3) is 6.46. The number of ether oxygens (including phenoxy) is 2. The molecule has 0 aliphatic rings. The van der Waals surface area contributed by atoms with Crippen LogP contribution in [0.25, 0.3) is 0 Å². The molecule has 0 radical (unpaired) electrons. The fraction of sp³-hybridized carbons (Fsp3) is 0.278. The van der Waals surface area contributed by atoms with Crippen molar-refractivity contribution in [3.8, 4) is 5.75 Å². The maximum absolute atomic E-state index is 12.1. The summed E-state index contributed by atoms with van der Waals surface area (Å²) in [6, 6.07) is 12.4. The third-order valence-corrected chi connectivity index (χ3v) is 3.96. The third-order valence-electron chi connectivity index (χ3n) is 3.22. The van der Waals surface area contributed by atoms with E-state index in [0.29, 0.717) is 41.3 Å². The molecule has 0 bridgehead atoms. The van der Waals surface area contributed by atoms with Gasteiger partial charge in [-0.15, -0.1) is 0 Å². The molecule has 2 aromatic rings. The average molecular weight is 383 g/mol. The Kier molecular flexibility index (Phi) is 7.85. The molecule has 0 fully saturated rings. The normalized spacial score (nSPS) is 10.4. The molecule has 7 heteroatoms. The number of hydrogen-bond donors (Lipinski definition) is 2. The SMILES string of the molecule is CCOCCOc1ccccc1NCC(=O)Nc1ccc(Cl)c(Cl)c1. The highest BCUT2D eigenvalue weighted by molar-refractivity contribution is 6.42. The number of hydrogen-bond acceptors (Lipinski definition) is 4. The van der Waals surface area contributed by atoms with Gasteiger partial charge in [-0.3, -0.25) is 4.79 Å². The highest BCUT2D eigenvalue weighted by Crippen LogP contribution is 2.25. The maximum Gasteiger partial charge on any atom is 0.243 e. The highest BCUT2D eigenvalue weighted by Gasteiger charge is 2.07. The molecule has 2 N–H and O–H groups in total.